The van der Waals surface area contributed by atoms with Gasteiger partial charge in [-0.05, 0) is 46.1 Å². The van der Waals surface area contributed by atoms with Crippen molar-refractivity contribution in [2.24, 2.45) is 0 Å². The van der Waals surface area contributed by atoms with Gasteiger partial charge in [-0.3, -0.25) is 4.79 Å². The maximum absolute atomic E-state index is 13.6. The van der Waals surface area contributed by atoms with Gasteiger partial charge in [0.1, 0.15) is 11.6 Å². The first-order valence-corrected chi connectivity index (χ1v) is 8.80. The molecule has 6 heteroatoms. The molecule has 0 unspecified atom stereocenters. The van der Waals surface area contributed by atoms with Gasteiger partial charge in [-0.2, -0.15) is 0 Å². The van der Waals surface area contributed by atoms with Gasteiger partial charge in [-0.1, -0.05) is 18.2 Å². The lowest BCUT2D eigenvalue weighted by molar-refractivity contribution is -0.131. The Bertz CT molecular complexity index is 700. The number of pyridine rings is 1. The summed E-state index contributed by atoms with van der Waals surface area (Å²) in [6.45, 7) is 2.88. The van der Waals surface area contributed by atoms with Crippen LogP contribution < -0.4 is 4.90 Å². The standard InChI is InChI=1S/C18H19BrFN3O/c19-15-6-7-17(21-13-15)22-9-11-23(12-10-22)18(24)8-5-14-3-1-2-4-16(14)20/h1-4,6-7,13H,5,8-12H2. The number of piperazine rings is 1. The second-order valence-electron chi connectivity index (χ2n) is 5.79. The molecule has 0 bridgehead atoms. The quantitative estimate of drug-likeness (QED) is 0.802. The third-order valence-electron chi connectivity index (χ3n) is 4.23. The molecule has 3 rings (SSSR count). The van der Waals surface area contributed by atoms with Crippen molar-refractivity contribution in [2.75, 3.05) is 31.1 Å². The minimum atomic E-state index is -0.239. The van der Waals surface area contributed by atoms with Gasteiger partial charge in [-0.25, -0.2) is 9.37 Å². The van der Waals surface area contributed by atoms with Crippen LogP contribution in [0.25, 0.3) is 0 Å². The maximum Gasteiger partial charge on any atom is 0.223 e. The summed E-state index contributed by atoms with van der Waals surface area (Å²) in [5.41, 5.74) is 0.601. The molecular formula is C18H19BrFN3O. The van der Waals surface area contributed by atoms with Crippen LogP contribution in [0.5, 0.6) is 0 Å². The number of nitrogens with zero attached hydrogens (tertiary/aromatic N) is 3. The fraction of sp³-hybridized carbons (Fsp3) is 0.333. The highest BCUT2D eigenvalue weighted by Gasteiger charge is 2.21. The van der Waals surface area contributed by atoms with E-state index in [1.54, 1.807) is 24.4 Å². The number of aromatic nitrogens is 1. The summed E-state index contributed by atoms with van der Waals surface area (Å²) in [6.07, 6.45) is 2.57. The molecule has 4 nitrogen and oxygen atoms in total. The molecule has 0 radical (unpaired) electrons. The fourth-order valence-electron chi connectivity index (χ4n) is 2.84. The minimum absolute atomic E-state index is 0.0849. The highest BCUT2D eigenvalue weighted by atomic mass is 79.9. The Labute approximate surface area is 149 Å². The average molecular weight is 392 g/mol. The van der Waals surface area contributed by atoms with Gasteiger partial charge in [0.2, 0.25) is 5.91 Å². The lowest BCUT2D eigenvalue weighted by Crippen LogP contribution is -2.49. The van der Waals surface area contributed by atoms with Crippen molar-refractivity contribution in [1.82, 2.24) is 9.88 Å². The predicted octanol–water partition coefficient (Wildman–Crippen LogP) is 3.26. The SMILES string of the molecule is O=C(CCc1ccccc1F)N1CCN(c2ccc(Br)cn2)CC1. The van der Waals surface area contributed by atoms with E-state index in [1.165, 1.54) is 6.07 Å². The van der Waals surface area contributed by atoms with Crippen LogP contribution in [-0.4, -0.2) is 42.0 Å². The number of anilines is 1. The molecule has 1 aromatic carbocycles. The van der Waals surface area contributed by atoms with Crippen molar-refractivity contribution >= 4 is 27.7 Å². The van der Waals surface area contributed by atoms with Crippen LogP contribution in [0.15, 0.2) is 47.1 Å². The zero-order chi connectivity index (χ0) is 16.9. The van der Waals surface area contributed by atoms with Gasteiger partial charge in [0.15, 0.2) is 0 Å². The van der Waals surface area contributed by atoms with E-state index in [9.17, 15) is 9.18 Å². The second kappa shape index (κ2) is 7.75. The van der Waals surface area contributed by atoms with Crippen LogP contribution in [0.2, 0.25) is 0 Å². The number of aryl methyl sites for hydroxylation is 1. The highest BCUT2D eigenvalue weighted by molar-refractivity contribution is 9.10. The number of halogens is 2. The topological polar surface area (TPSA) is 36.4 Å². The molecule has 1 aliphatic heterocycles. The lowest BCUT2D eigenvalue weighted by atomic mass is 10.1. The first-order chi connectivity index (χ1) is 11.6. The molecule has 1 aliphatic rings. The lowest BCUT2D eigenvalue weighted by Gasteiger charge is -2.35. The molecule has 126 valence electrons. The number of amides is 1. The Morgan fingerprint density at radius 1 is 1.12 bits per heavy atom. The fourth-order valence-corrected chi connectivity index (χ4v) is 3.08. The van der Waals surface area contributed by atoms with E-state index < -0.39 is 0 Å². The molecule has 24 heavy (non-hydrogen) atoms. The van der Waals surface area contributed by atoms with E-state index >= 15 is 0 Å². The Kier molecular flexibility index (Phi) is 5.45. The van der Waals surface area contributed by atoms with Crippen LogP contribution >= 0.6 is 15.9 Å². The zero-order valence-corrected chi connectivity index (χ0v) is 14.9. The average Bonchev–Trinajstić information content (AvgIpc) is 2.62. The van der Waals surface area contributed by atoms with Crippen LogP contribution in [0.4, 0.5) is 10.2 Å². The van der Waals surface area contributed by atoms with Gasteiger partial charge in [0.25, 0.3) is 0 Å². The van der Waals surface area contributed by atoms with E-state index in [1.807, 2.05) is 17.0 Å². The highest BCUT2D eigenvalue weighted by Crippen LogP contribution is 2.17. The molecule has 2 heterocycles. The largest absolute Gasteiger partial charge is 0.353 e. The van der Waals surface area contributed by atoms with Crippen LogP contribution in [0.1, 0.15) is 12.0 Å². The number of carbonyl (C=O) groups is 1. The Balaban J connectivity index is 1.50. The number of hydrogen-bond acceptors (Lipinski definition) is 3. The summed E-state index contributed by atoms with van der Waals surface area (Å²) in [5.74, 6) is 0.773. The third kappa shape index (κ3) is 4.12. The summed E-state index contributed by atoms with van der Waals surface area (Å²) >= 11 is 3.38. The third-order valence-corrected chi connectivity index (χ3v) is 4.70. The first-order valence-electron chi connectivity index (χ1n) is 8.01. The number of rotatable bonds is 4. The van der Waals surface area contributed by atoms with E-state index in [0.717, 1.165) is 23.4 Å². The van der Waals surface area contributed by atoms with Gasteiger partial charge < -0.3 is 9.80 Å². The van der Waals surface area contributed by atoms with Gasteiger partial charge in [0.05, 0.1) is 0 Å². The molecular weight excluding hydrogens is 373 g/mol. The van der Waals surface area contributed by atoms with Crippen molar-refractivity contribution in [3.63, 3.8) is 0 Å². The molecule has 2 aromatic rings. The summed E-state index contributed by atoms with van der Waals surface area (Å²) in [6, 6.07) is 10.6. The van der Waals surface area contributed by atoms with Crippen molar-refractivity contribution in [3.8, 4) is 0 Å². The van der Waals surface area contributed by atoms with Crippen molar-refractivity contribution in [2.45, 2.75) is 12.8 Å². The Morgan fingerprint density at radius 3 is 2.54 bits per heavy atom. The van der Waals surface area contributed by atoms with E-state index in [-0.39, 0.29) is 11.7 Å². The molecule has 1 saturated heterocycles. The van der Waals surface area contributed by atoms with Crippen molar-refractivity contribution in [1.29, 1.82) is 0 Å². The summed E-state index contributed by atoms with van der Waals surface area (Å²) in [7, 11) is 0. The predicted molar refractivity (Wildman–Crippen MR) is 95.5 cm³/mol. The first kappa shape index (κ1) is 16.9. The molecule has 0 aliphatic carbocycles. The van der Waals surface area contributed by atoms with Gasteiger partial charge in [0, 0.05) is 43.3 Å². The van der Waals surface area contributed by atoms with E-state index in [0.29, 0.717) is 31.5 Å². The molecule has 1 aromatic heterocycles. The summed E-state index contributed by atoms with van der Waals surface area (Å²) in [5, 5.41) is 0. The maximum atomic E-state index is 13.6. The van der Waals surface area contributed by atoms with Gasteiger partial charge >= 0.3 is 0 Å². The van der Waals surface area contributed by atoms with Crippen molar-refractivity contribution < 1.29 is 9.18 Å². The Morgan fingerprint density at radius 2 is 1.88 bits per heavy atom. The smallest absolute Gasteiger partial charge is 0.223 e. The summed E-state index contributed by atoms with van der Waals surface area (Å²) < 4.78 is 14.6. The minimum Gasteiger partial charge on any atom is -0.353 e. The molecule has 0 spiro atoms. The Hall–Kier alpha value is -1.95. The van der Waals surface area contributed by atoms with Gasteiger partial charge in [-0.15, -0.1) is 0 Å². The van der Waals surface area contributed by atoms with Crippen LogP contribution in [0.3, 0.4) is 0 Å². The monoisotopic (exact) mass is 391 g/mol. The van der Waals surface area contributed by atoms with E-state index in [4.69, 9.17) is 0 Å². The number of carbonyl (C=O) groups excluding carboxylic acids is 1. The molecule has 0 N–H and O–H groups in total. The van der Waals surface area contributed by atoms with E-state index in [2.05, 4.69) is 25.8 Å². The molecule has 0 saturated carbocycles. The number of hydrogen-bond donors (Lipinski definition) is 0. The molecule has 1 amide bonds. The van der Waals surface area contributed by atoms with Crippen LogP contribution in [-0.2, 0) is 11.2 Å². The zero-order valence-electron chi connectivity index (χ0n) is 13.3. The second-order valence-corrected chi connectivity index (χ2v) is 6.71. The van der Waals surface area contributed by atoms with Crippen molar-refractivity contribution in [3.05, 3.63) is 58.4 Å². The molecule has 0 atom stereocenters. The normalized spacial score (nSPS) is 14.8. The summed E-state index contributed by atoms with van der Waals surface area (Å²) in [4.78, 5) is 20.8. The molecule has 1 fully saturated rings. The van der Waals surface area contributed by atoms with Crippen LogP contribution in [0, 0.1) is 5.82 Å². The number of benzene rings is 1.